The van der Waals surface area contributed by atoms with Crippen molar-refractivity contribution in [2.75, 3.05) is 0 Å². The minimum atomic E-state index is -1.45. The molecule has 0 aromatic rings. The van der Waals surface area contributed by atoms with Gasteiger partial charge in [-0.15, -0.1) is 0 Å². The van der Waals surface area contributed by atoms with Crippen LogP contribution in [0.3, 0.4) is 0 Å². The minimum absolute atomic E-state index is 0.109. The third kappa shape index (κ3) is 6.17. The van der Waals surface area contributed by atoms with E-state index in [1.54, 1.807) is 0 Å². The molecular weight excluding hydrogens is 173 g/mol. The Bertz CT molecular complexity index is 110. The molecule has 0 saturated heterocycles. The molecule has 4 heteroatoms. The summed E-state index contributed by atoms with van der Waals surface area (Å²) in [5, 5.41) is 8.33. The molecule has 0 spiro atoms. The maximum Gasteiger partial charge on any atom is 0.237 e. The summed E-state index contributed by atoms with van der Waals surface area (Å²) < 4.78 is 0. The van der Waals surface area contributed by atoms with Crippen molar-refractivity contribution in [3.8, 4) is 6.07 Å². The van der Waals surface area contributed by atoms with Crippen LogP contribution in [0.15, 0.2) is 0 Å². The Hall–Kier alpha value is 0.287. The van der Waals surface area contributed by atoms with Crippen LogP contribution in [0.4, 0.5) is 0 Å². The van der Waals surface area contributed by atoms with Gasteiger partial charge in [-0.2, -0.15) is 27.4 Å². The second kappa shape index (κ2) is 5.10. The quantitative estimate of drug-likeness (QED) is 0.485. The smallest absolute Gasteiger partial charge is 0.198 e. The topological polar surface area (TPSA) is 23.8 Å². The van der Waals surface area contributed by atoms with Gasteiger partial charge in [0.1, 0.15) is 0 Å². The van der Waals surface area contributed by atoms with E-state index in [1.165, 1.54) is 0 Å². The van der Waals surface area contributed by atoms with Crippen LogP contribution in [0.25, 0.3) is 0 Å². The molecule has 1 atom stereocenters. The van der Waals surface area contributed by atoms with Crippen molar-refractivity contribution < 1.29 is 0 Å². The average molecular weight is 182 g/mol. The van der Waals surface area contributed by atoms with Crippen molar-refractivity contribution in [2.45, 2.75) is 19.4 Å². The zero-order valence-electron chi connectivity index (χ0n) is 5.27. The molecule has 0 aromatic carbocycles. The molecule has 0 aliphatic heterocycles. The first kappa shape index (κ1) is 9.29. The van der Waals surface area contributed by atoms with Gasteiger partial charge in [0.2, 0.25) is 7.42 Å². The normalized spacial score (nSPS) is 13.2. The molecule has 0 aromatic heterocycles. The van der Waals surface area contributed by atoms with Crippen LogP contribution in [0.2, 0.25) is 6.04 Å². The molecule has 0 N–H and O–H groups in total. The largest absolute Gasteiger partial charge is 0.237 e. The summed E-state index contributed by atoms with van der Waals surface area (Å²) in [4.78, 5) is 0. The van der Waals surface area contributed by atoms with Crippen molar-refractivity contribution in [1.29, 1.82) is 5.26 Å². The van der Waals surface area contributed by atoms with Gasteiger partial charge in [0.25, 0.3) is 0 Å². The summed E-state index contributed by atoms with van der Waals surface area (Å²) in [6.45, 7) is 1.88. The predicted molar refractivity (Wildman–Crippen MR) is 43.1 cm³/mol. The number of hydrogen-bond donors (Lipinski definition) is 0. The molecule has 1 unspecified atom stereocenters. The van der Waals surface area contributed by atoms with E-state index in [9.17, 15) is 0 Å². The number of nitrogens with zero attached hydrogens (tertiary/aromatic N) is 1. The molecule has 0 fully saturated rings. The third-order valence-corrected chi connectivity index (χ3v) is 3.12. The minimum Gasteiger partial charge on any atom is -0.198 e. The highest BCUT2D eigenvalue weighted by atomic mass is 35.7. The van der Waals surface area contributed by atoms with Crippen LogP contribution < -0.4 is 0 Å². The maximum absolute atomic E-state index is 8.33. The summed E-state index contributed by atoms with van der Waals surface area (Å²) in [5.41, 5.74) is 0. The summed E-state index contributed by atoms with van der Waals surface area (Å²) in [5.74, 6) is 0.109. The first-order chi connectivity index (χ1) is 4.16. The Kier molecular flexibility index (Phi) is 5.26. The Balaban J connectivity index is 3.19. The van der Waals surface area contributed by atoms with E-state index in [4.69, 9.17) is 27.4 Å². The van der Waals surface area contributed by atoms with Gasteiger partial charge in [0, 0.05) is 5.92 Å². The Labute approximate surface area is 66.6 Å². The molecule has 0 bridgehead atoms. The molecule has 0 heterocycles. The average Bonchev–Trinajstić information content (AvgIpc) is 1.83. The predicted octanol–water partition coefficient (Wildman–Crippen LogP) is 2.23. The maximum atomic E-state index is 8.33. The van der Waals surface area contributed by atoms with Crippen LogP contribution >= 0.6 is 22.2 Å². The van der Waals surface area contributed by atoms with Crippen LogP contribution in [-0.2, 0) is 0 Å². The Morgan fingerprint density at radius 1 is 1.67 bits per heavy atom. The molecule has 0 amide bonds. The zero-order chi connectivity index (χ0) is 7.28. The molecule has 0 radical (unpaired) electrons. The number of nitriles is 1. The van der Waals surface area contributed by atoms with E-state index in [0.717, 1.165) is 12.5 Å². The van der Waals surface area contributed by atoms with Gasteiger partial charge in [0.15, 0.2) is 0 Å². The van der Waals surface area contributed by atoms with E-state index in [1.807, 2.05) is 6.92 Å². The summed E-state index contributed by atoms with van der Waals surface area (Å²) >= 11 is 11.1. The van der Waals surface area contributed by atoms with Crippen molar-refractivity contribution in [3.05, 3.63) is 0 Å². The van der Waals surface area contributed by atoms with E-state index in [2.05, 4.69) is 6.07 Å². The second-order valence-electron chi connectivity index (χ2n) is 2.00. The van der Waals surface area contributed by atoms with E-state index < -0.39 is 7.42 Å². The summed E-state index contributed by atoms with van der Waals surface area (Å²) in [6.07, 6.45) is 0.848. The molecule has 9 heavy (non-hydrogen) atoms. The highest BCUT2D eigenvalue weighted by Gasteiger charge is 2.05. The van der Waals surface area contributed by atoms with Gasteiger partial charge in [-0.05, 0) is 19.4 Å². The molecule has 0 aliphatic rings. The van der Waals surface area contributed by atoms with Crippen LogP contribution in [0.5, 0.6) is 0 Å². The Morgan fingerprint density at radius 3 is 2.56 bits per heavy atom. The van der Waals surface area contributed by atoms with E-state index in [-0.39, 0.29) is 5.92 Å². The molecule has 0 saturated carbocycles. The summed E-state index contributed by atoms with van der Waals surface area (Å²) in [7, 11) is -1.45. The van der Waals surface area contributed by atoms with Crippen LogP contribution in [0.1, 0.15) is 13.3 Å². The van der Waals surface area contributed by atoms with E-state index in [0.29, 0.717) is 0 Å². The van der Waals surface area contributed by atoms with Gasteiger partial charge in [-0.25, -0.2) is 0 Å². The zero-order valence-corrected chi connectivity index (χ0v) is 7.94. The lowest BCUT2D eigenvalue weighted by atomic mass is 10.1. The second-order valence-corrected chi connectivity index (χ2v) is 7.19. The fourth-order valence-electron chi connectivity index (χ4n) is 0.441. The molecule has 1 nitrogen and oxygen atoms in total. The van der Waals surface area contributed by atoms with Crippen molar-refractivity contribution in [3.63, 3.8) is 0 Å². The van der Waals surface area contributed by atoms with Gasteiger partial charge < -0.3 is 0 Å². The molecular formula is C5H9Cl2NSi. The lowest BCUT2D eigenvalue weighted by Gasteiger charge is -1.99. The van der Waals surface area contributed by atoms with Crippen molar-refractivity contribution >= 4 is 29.6 Å². The number of rotatable bonds is 3. The highest BCUT2D eigenvalue weighted by Crippen LogP contribution is 2.11. The first-order valence-electron chi connectivity index (χ1n) is 2.84. The fourth-order valence-corrected chi connectivity index (χ4v) is 1.95. The van der Waals surface area contributed by atoms with Crippen LogP contribution in [-0.4, -0.2) is 7.42 Å². The van der Waals surface area contributed by atoms with Gasteiger partial charge in [-0.3, -0.25) is 0 Å². The SMILES string of the molecule is CC(C#N)CC[SiH](Cl)Cl. The van der Waals surface area contributed by atoms with Crippen molar-refractivity contribution in [2.24, 2.45) is 5.92 Å². The molecule has 0 rings (SSSR count). The molecule has 0 aliphatic carbocycles. The third-order valence-electron chi connectivity index (χ3n) is 1.04. The van der Waals surface area contributed by atoms with Crippen molar-refractivity contribution in [1.82, 2.24) is 0 Å². The first-order valence-corrected chi connectivity index (χ1v) is 7.15. The van der Waals surface area contributed by atoms with Gasteiger partial charge >= 0.3 is 0 Å². The summed E-state index contributed by atoms with van der Waals surface area (Å²) in [6, 6.07) is 2.97. The fraction of sp³-hybridized carbons (Fsp3) is 0.800. The lowest BCUT2D eigenvalue weighted by Crippen LogP contribution is -1.96. The van der Waals surface area contributed by atoms with Gasteiger partial charge in [-0.1, -0.05) is 0 Å². The molecule has 52 valence electrons. The number of halogens is 2. The van der Waals surface area contributed by atoms with E-state index >= 15 is 0 Å². The lowest BCUT2D eigenvalue weighted by molar-refractivity contribution is 0.711. The number of hydrogen-bond acceptors (Lipinski definition) is 1. The standard InChI is InChI=1S/C5H9Cl2NSi/c1-5(4-8)2-3-9(6)7/h5,9H,2-3H2,1H3. The van der Waals surface area contributed by atoms with Crippen LogP contribution in [0, 0.1) is 17.2 Å². The van der Waals surface area contributed by atoms with Gasteiger partial charge in [0.05, 0.1) is 6.07 Å². The Morgan fingerprint density at radius 2 is 2.22 bits per heavy atom. The highest BCUT2D eigenvalue weighted by molar-refractivity contribution is 7.33. The monoisotopic (exact) mass is 181 g/mol.